The summed E-state index contributed by atoms with van der Waals surface area (Å²) in [6.07, 6.45) is 0. The van der Waals surface area contributed by atoms with E-state index in [1.807, 2.05) is 109 Å². The fourth-order valence-electron chi connectivity index (χ4n) is 2.13. The van der Waals surface area contributed by atoms with Crippen LogP contribution in [0.2, 0.25) is 0 Å². The fraction of sp³-hybridized carbons (Fsp3) is 0.0769. The van der Waals surface area contributed by atoms with E-state index in [0.717, 1.165) is 23.0 Å². The molecular formula is C26H28N2O2Y-2. The van der Waals surface area contributed by atoms with E-state index in [2.05, 4.69) is 23.6 Å². The van der Waals surface area contributed by atoms with Crippen molar-refractivity contribution in [3.8, 4) is 23.0 Å². The maximum Gasteiger partial charge on any atom is 0.124 e. The van der Waals surface area contributed by atoms with Gasteiger partial charge < -0.3 is 20.9 Å². The first kappa shape index (κ1) is 28.5. The first-order chi connectivity index (χ1) is 14.9. The predicted octanol–water partition coefficient (Wildman–Crippen LogP) is 5.71. The first-order valence-corrected chi connectivity index (χ1v) is 9.44. The molecule has 159 valence electrons. The van der Waals surface area contributed by atoms with Crippen LogP contribution in [0.5, 0.6) is 23.0 Å². The molecule has 0 aliphatic rings. The minimum absolute atomic E-state index is 0. The van der Waals surface area contributed by atoms with Crippen LogP contribution in [-0.2, 0) is 32.7 Å². The van der Waals surface area contributed by atoms with E-state index in [1.54, 1.807) is 0 Å². The molecule has 0 aliphatic carbocycles. The minimum Gasteiger partial charge on any atom is -0.483 e. The van der Waals surface area contributed by atoms with E-state index in [9.17, 15) is 0 Å². The zero-order valence-corrected chi connectivity index (χ0v) is 20.8. The van der Waals surface area contributed by atoms with Crippen molar-refractivity contribution in [3.63, 3.8) is 0 Å². The summed E-state index contributed by atoms with van der Waals surface area (Å²) in [7, 11) is 3.00. The van der Waals surface area contributed by atoms with Gasteiger partial charge >= 0.3 is 0 Å². The molecule has 4 N–H and O–H groups in total. The van der Waals surface area contributed by atoms with Gasteiger partial charge in [0.15, 0.2) is 0 Å². The topological polar surface area (TPSA) is 70.5 Å². The van der Waals surface area contributed by atoms with Gasteiger partial charge in [0.05, 0.1) is 0 Å². The smallest absolute Gasteiger partial charge is 0.124 e. The molecule has 1 radical (unpaired) electrons. The van der Waals surface area contributed by atoms with E-state index in [1.165, 1.54) is 14.1 Å². The Kier molecular flexibility index (Phi) is 17.9. The Morgan fingerprint density at radius 1 is 0.452 bits per heavy atom. The van der Waals surface area contributed by atoms with Gasteiger partial charge in [-0.25, -0.2) is 0 Å². The molecule has 0 spiro atoms. The van der Waals surface area contributed by atoms with E-state index in [-0.39, 0.29) is 32.7 Å². The zero-order chi connectivity index (χ0) is 21.9. The molecule has 0 atom stereocenters. The molecule has 0 heterocycles. The van der Waals surface area contributed by atoms with Crippen LogP contribution in [0.1, 0.15) is 0 Å². The predicted molar refractivity (Wildman–Crippen MR) is 124 cm³/mol. The largest absolute Gasteiger partial charge is 0.483 e. The molecule has 0 amide bonds. The van der Waals surface area contributed by atoms with Crippen LogP contribution in [0.4, 0.5) is 0 Å². The summed E-state index contributed by atoms with van der Waals surface area (Å²) in [4.78, 5) is 0. The number of para-hydroxylation sites is 2. The third-order valence-electron chi connectivity index (χ3n) is 3.33. The number of ether oxygens (including phenoxy) is 2. The second-order valence-corrected chi connectivity index (χ2v) is 5.30. The third-order valence-corrected chi connectivity index (χ3v) is 3.33. The number of hydrogen-bond donors (Lipinski definition) is 2. The Labute approximate surface area is 211 Å². The standard InChI is InChI=1S/2C12H9O.2CH5N.Y/c2*1-3-7-11(8-4-1)13-12-9-5-2-6-10-12;2*1-2;/h2*1,3-10H;2*2H2,1H3;/q2*-1;;;. The third kappa shape index (κ3) is 12.7. The van der Waals surface area contributed by atoms with Gasteiger partial charge in [0.2, 0.25) is 0 Å². The van der Waals surface area contributed by atoms with Crippen LogP contribution in [0.15, 0.2) is 109 Å². The van der Waals surface area contributed by atoms with Crippen molar-refractivity contribution in [1.82, 2.24) is 0 Å². The van der Waals surface area contributed by atoms with Gasteiger partial charge in [0.1, 0.15) is 11.5 Å². The molecular weight excluding hydrogens is 461 g/mol. The Bertz CT molecular complexity index is 726. The van der Waals surface area contributed by atoms with Gasteiger partial charge in [-0.1, -0.05) is 36.4 Å². The normalized spacial score (nSPS) is 8.39. The van der Waals surface area contributed by atoms with Crippen LogP contribution >= 0.6 is 0 Å². The van der Waals surface area contributed by atoms with Crippen molar-refractivity contribution in [2.45, 2.75) is 0 Å². The van der Waals surface area contributed by atoms with Crippen LogP contribution in [-0.4, -0.2) is 14.1 Å². The molecule has 31 heavy (non-hydrogen) atoms. The van der Waals surface area contributed by atoms with Crippen molar-refractivity contribution >= 4 is 0 Å². The summed E-state index contributed by atoms with van der Waals surface area (Å²) in [5, 5.41) is 0. The maximum absolute atomic E-state index is 5.56. The van der Waals surface area contributed by atoms with Crippen molar-refractivity contribution in [1.29, 1.82) is 0 Å². The minimum atomic E-state index is 0. The second-order valence-electron chi connectivity index (χ2n) is 5.30. The molecule has 0 unspecified atom stereocenters. The Balaban J connectivity index is 0.000000487. The molecule has 4 aromatic carbocycles. The van der Waals surface area contributed by atoms with Gasteiger partial charge in [0, 0.05) is 44.2 Å². The van der Waals surface area contributed by atoms with E-state index < -0.39 is 0 Å². The molecule has 0 saturated heterocycles. The summed E-state index contributed by atoms with van der Waals surface area (Å²) in [5.74, 6) is 3.39. The average molecular weight is 489 g/mol. The quantitative estimate of drug-likeness (QED) is 0.361. The SMILES string of the molecule is CN.CN.[Y].[c-]1ccc(Oc2ccccc2)cc1.[c-]1ccc(Oc2ccccc2)cc1. The van der Waals surface area contributed by atoms with Gasteiger partial charge in [-0.05, 0) is 38.4 Å². The van der Waals surface area contributed by atoms with Gasteiger partial charge in [-0.3, -0.25) is 0 Å². The number of rotatable bonds is 4. The Hall–Kier alpha value is -2.50. The summed E-state index contributed by atoms with van der Waals surface area (Å²) in [6, 6.07) is 40.2. The van der Waals surface area contributed by atoms with Crippen molar-refractivity contribution in [3.05, 3.63) is 121 Å². The Morgan fingerprint density at radius 3 is 1.00 bits per heavy atom. The summed E-state index contributed by atoms with van der Waals surface area (Å²) in [6.45, 7) is 0. The van der Waals surface area contributed by atoms with Gasteiger partial charge in [-0.15, -0.1) is 24.3 Å². The molecule has 0 bridgehead atoms. The molecule has 4 nitrogen and oxygen atoms in total. The summed E-state index contributed by atoms with van der Waals surface area (Å²) < 4.78 is 11.1. The molecule has 0 saturated carbocycles. The van der Waals surface area contributed by atoms with E-state index in [4.69, 9.17) is 9.47 Å². The van der Waals surface area contributed by atoms with Gasteiger partial charge in [0.25, 0.3) is 0 Å². The molecule has 4 aromatic rings. The molecule has 0 aliphatic heterocycles. The van der Waals surface area contributed by atoms with Crippen LogP contribution in [0.25, 0.3) is 0 Å². The molecule has 5 heteroatoms. The average Bonchev–Trinajstić information content (AvgIpc) is 2.85. The molecule has 0 aromatic heterocycles. The van der Waals surface area contributed by atoms with Crippen LogP contribution < -0.4 is 20.9 Å². The monoisotopic (exact) mass is 489 g/mol. The Morgan fingerprint density at radius 2 is 0.710 bits per heavy atom. The summed E-state index contributed by atoms with van der Waals surface area (Å²) >= 11 is 0. The number of nitrogens with two attached hydrogens (primary N) is 2. The van der Waals surface area contributed by atoms with Crippen molar-refractivity contribution in [2.75, 3.05) is 14.1 Å². The maximum atomic E-state index is 5.56. The molecule has 0 fully saturated rings. The first-order valence-electron chi connectivity index (χ1n) is 9.44. The van der Waals surface area contributed by atoms with E-state index >= 15 is 0 Å². The zero-order valence-electron chi connectivity index (χ0n) is 17.9. The molecule has 4 rings (SSSR count). The van der Waals surface area contributed by atoms with Crippen LogP contribution in [0.3, 0.4) is 0 Å². The van der Waals surface area contributed by atoms with E-state index in [0.29, 0.717) is 0 Å². The number of hydrogen-bond acceptors (Lipinski definition) is 4. The second kappa shape index (κ2) is 19.5. The number of benzene rings is 4. The van der Waals surface area contributed by atoms with Crippen LogP contribution in [0, 0.1) is 12.1 Å². The summed E-state index contributed by atoms with van der Waals surface area (Å²) in [5.41, 5.74) is 9.00. The van der Waals surface area contributed by atoms with Crippen molar-refractivity contribution < 1.29 is 42.2 Å². The van der Waals surface area contributed by atoms with Gasteiger partial charge in [-0.2, -0.15) is 36.4 Å². The fourth-order valence-corrected chi connectivity index (χ4v) is 2.13. The van der Waals surface area contributed by atoms with Crippen molar-refractivity contribution in [2.24, 2.45) is 11.5 Å².